The fourth-order valence-corrected chi connectivity index (χ4v) is 6.19. The fourth-order valence-electron chi connectivity index (χ4n) is 5.43. The number of hydrogen-bond acceptors (Lipinski definition) is 5. The van der Waals surface area contributed by atoms with Crippen LogP contribution in [0.3, 0.4) is 0 Å². The number of fused-ring (bicyclic) bond motifs is 1. The molecular formula is C32H42N4O3Si. The SMILES string of the molecule is COc1ccc(Cc2c(C)n(COCC[Si](C)(C)C)c3c(N4CCCCC4)c(-c4ccccc4)nn3c2=O)cc1. The maximum atomic E-state index is 14.2. The Bertz CT molecular complexity index is 1500. The highest BCUT2D eigenvalue weighted by atomic mass is 28.3. The summed E-state index contributed by atoms with van der Waals surface area (Å²) in [6.07, 6.45) is 4.02. The molecule has 0 atom stereocenters. The first-order valence-corrected chi connectivity index (χ1v) is 18.1. The Hall–Kier alpha value is -3.36. The predicted octanol–water partition coefficient (Wildman–Crippen LogP) is 6.37. The highest BCUT2D eigenvalue weighted by molar-refractivity contribution is 6.76. The van der Waals surface area contributed by atoms with Crippen molar-refractivity contribution in [2.75, 3.05) is 31.7 Å². The summed E-state index contributed by atoms with van der Waals surface area (Å²) in [7, 11) is 0.423. The van der Waals surface area contributed by atoms with Crippen LogP contribution in [0, 0.1) is 6.92 Å². The Morgan fingerprint density at radius 2 is 1.65 bits per heavy atom. The van der Waals surface area contributed by atoms with Crippen molar-refractivity contribution in [1.82, 2.24) is 14.2 Å². The maximum absolute atomic E-state index is 14.2. The lowest BCUT2D eigenvalue weighted by Gasteiger charge is -2.30. The smallest absolute Gasteiger partial charge is 0.278 e. The van der Waals surface area contributed by atoms with Crippen molar-refractivity contribution in [2.24, 2.45) is 0 Å². The summed E-state index contributed by atoms with van der Waals surface area (Å²) >= 11 is 0. The van der Waals surface area contributed by atoms with Gasteiger partial charge in [0.05, 0.1) is 7.11 Å². The molecule has 1 aliphatic heterocycles. The Morgan fingerprint density at radius 3 is 2.30 bits per heavy atom. The average molecular weight is 559 g/mol. The summed E-state index contributed by atoms with van der Waals surface area (Å²) in [5.41, 5.74) is 6.40. The molecule has 0 saturated carbocycles. The molecule has 212 valence electrons. The van der Waals surface area contributed by atoms with E-state index in [1.165, 1.54) is 6.42 Å². The van der Waals surface area contributed by atoms with Crippen LogP contribution in [-0.4, -0.2) is 49.1 Å². The lowest BCUT2D eigenvalue weighted by molar-refractivity contribution is 0.0875. The maximum Gasteiger partial charge on any atom is 0.278 e. The fraction of sp³-hybridized carbons (Fsp3) is 0.438. The minimum atomic E-state index is -1.24. The van der Waals surface area contributed by atoms with Gasteiger partial charge >= 0.3 is 0 Å². The molecule has 0 aliphatic carbocycles. The number of rotatable bonds is 10. The van der Waals surface area contributed by atoms with Gasteiger partial charge in [0.25, 0.3) is 5.56 Å². The van der Waals surface area contributed by atoms with Gasteiger partial charge in [-0.05, 0) is 49.9 Å². The molecule has 0 amide bonds. The first-order chi connectivity index (χ1) is 19.3. The highest BCUT2D eigenvalue weighted by Crippen LogP contribution is 2.36. The molecule has 0 N–H and O–H groups in total. The third-order valence-electron chi connectivity index (χ3n) is 7.86. The van der Waals surface area contributed by atoms with E-state index in [1.54, 1.807) is 11.6 Å². The molecule has 3 heterocycles. The number of benzene rings is 2. The Morgan fingerprint density at radius 1 is 0.950 bits per heavy atom. The van der Waals surface area contributed by atoms with Crippen molar-refractivity contribution in [1.29, 1.82) is 0 Å². The van der Waals surface area contributed by atoms with Crippen molar-refractivity contribution in [3.63, 3.8) is 0 Å². The van der Waals surface area contributed by atoms with Gasteiger partial charge in [-0.3, -0.25) is 4.79 Å². The number of nitrogens with zero attached hydrogens (tertiary/aromatic N) is 4. The number of methoxy groups -OCH3 is 1. The van der Waals surface area contributed by atoms with E-state index in [0.29, 0.717) is 19.8 Å². The Kier molecular flexibility index (Phi) is 8.47. The van der Waals surface area contributed by atoms with Gasteiger partial charge in [-0.2, -0.15) is 9.61 Å². The highest BCUT2D eigenvalue weighted by Gasteiger charge is 2.27. The topological polar surface area (TPSA) is 61.0 Å². The van der Waals surface area contributed by atoms with E-state index in [2.05, 4.69) is 48.2 Å². The summed E-state index contributed by atoms with van der Waals surface area (Å²) in [6.45, 7) is 12.2. The van der Waals surface area contributed by atoms with E-state index in [0.717, 1.165) is 77.1 Å². The molecule has 1 fully saturated rings. The molecule has 40 heavy (non-hydrogen) atoms. The molecule has 5 rings (SSSR count). The largest absolute Gasteiger partial charge is 0.497 e. The van der Waals surface area contributed by atoms with Crippen LogP contribution in [0.15, 0.2) is 59.4 Å². The van der Waals surface area contributed by atoms with Gasteiger partial charge < -0.3 is 18.9 Å². The minimum Gasteiger partial charge on any atom is -0.497 e. The summed E-state index contributed by atoms with van der Waals surface area (Å²) in [4.78, 5) is 16.6. The van der Waals surface area contributed by atoms with E-state index < -0.39 is 8.07 Å². The zero-order valence-electron chi connectivity index (χ0n) is 24.6. The van der Waals surface area contributed by atoms with Gasteiger partial charge in [0.2, 0.25) is 0 Å². The van der Waals surface area contributed by atoms with Gasteiger partial charge in [0, 0.05) is 51.0 Å². The lowest BCUT2D eigenvalue weighted by Crippen LogP contribution is -2.32. The number of hydrogen-bond donors (Lipinski definition) is 0. The minimum absolute atomic E-state index is 0.0675. The molecule has 2 aromatic carbocycles. The number of piperidine rings is 1. The van der Waals surface area contributed by atoms with Crippen LogP contribution < -0.4 is 15.2 Å². The standard InChI is InChI=1S/C32H42N4O3Si/c1-24-28(22-25-14-16-27(38-2)17-15-25)32(37)36-31(35(24)23-39-20-21-40(3,4)5)30(34-18-10-7-11-19-34)29(33-36)26-12-8-6-9-13-26/h6,8-9,12-17H,7,10-11,18-23H2,1-5H3. The van der Waals surface area contributed by atoms with E-state index >= 15 is 0 Å². The first-order valence-electron chi connectivity index (χ1n) is 14.4. The van der Waals surface area contributed by atoms with Crippen molar-refractivity contribution >= 4 is 19.4 Å². The normalized spacial score (nSPS) is 14.2. The number of ether oxygens (including phenoxy) is 2. The van der Waals surface area contributed by atoms with E-state index in [4.69, 9.17) is 14.6 Å². The van der Waals surface area contributed by atoms with E-state index in [-0.39, 0.29) is 5.56 Å². The molecule has 1 saturated heterocycles. The molecule has 0 bridgehead atoms. The van der Waals surface area contributed by atoms with Crippen LogP contribution in [0.1, 0.15) is 36.1 Å². The average Bonchev–Trinajstić information content (AvgIpc) is 3.36. The molecule has 4 aromatic rings. The third-order valence-corrected chi connectivity index (χ3v) is 9.56. The molecule has 7 nitrogen and oxygen atoms in total. The second-order valence-corrected chi connectivity index (χ2v) is 17.6. The molecule has 1 aliphatic rings. The van der Waals surface area contributed by atoms with Crippen molar-refractivity contribution in [2.45, 2.75) is 65.0 Å². The molecule has 0 spiro atoms. The van der Waals surface area contributed by atoms with Crippen LogP contribution in [0.4, 0.5) is 5.69 Å². The van der Waals surface area contributed by atoms with Gasteiger partial charge in [-0.25, -0.2) is 0 Å². The molecule has 0 radical (unpaired) electrons. The number of aromatic nitrogens is 3. The van der Waals surface area contributed by atoms with Crippen LogP contribution in [0.25, 0.3) is 16.9 Å². The molecular weight excluding hydrogens is 516 g/mol. The van der Waals surface area contributed by atoms with Crippen molar-refractivity contribution in [3.8, 4) is 17.0 Å². The van der Waals surface area contributed by atoms with Crippen molar-refractivity contribution in [3.05, 3.63) is 81.8 Å². The van der Waals surface area contributed by atoms with Gasteiger partial charge in [-0.1, -0.05) is 62.1 Å². The Balaban J connectivity index is 1.69. The summed E-state index contributed by atoms with van der Waals surface area (Å²) < 4.78 is 15.5. The summed E-state index contributed by atoms with van der Waals surface area (Å²) in [5, 5.41) is 5.03. The zero-order chi connectivity index (χ0) is 28.3. The van der Waals surface area contributed by atoms with Gasteiger partial charge in [0.1, 0.15) is 23.9 Å². The third kappa shape index (κ3) is 6.03. The van der Waals surface area contributed by atoms with Crippen LogP contribution in [-0.2, 0) is 17.9 Å². The zero-order valence-corrected chi connectivity index (χ0v) is 25.6. The van der Waals surface area contributed by atoms with Gasteiger partial charge in [0.15, 0.2) is 5.65 Å². The van der Waals surface area contributed by atoms with Gasteiger partial charge in [-0.15, -0.1) is 0 Å². The molecule has 0 unspecified atom stereocenters. The van der Waals surface area contributed by atoms with E-state index in [1.807, 2.05) is 42.5 Å². The lowest BCUT2D eigenvalue weighted by atomic mass is 10.0. The molecule has 8 heteroatoms. The monoisotopic (exact) mass is 558 g/mol. The second-order valence-electron chi connectivity index (χ2n) is 12.0. The predicted molar refractivity (Wildman–Crippen MR) is 166 cm³/mol. The second kappa shape index (κ2) is 12.0. The summed E-state index contributed by atoms with van der Waals surface area (Å²) in [5.74, 6) is 0.801. The van der Waals surface area contributed by atoms with E-state index in [9.17, 15) is 4.79 Å². The molecule has 2 aromatic heterocycles. The van der Waals surface area contributed by atoms with Crippen molar-refractivity contribution < 1.29 is 9.47 Å². The first kappa shape index (κ1) is 28.2. The quantitative estimate of drug-likeness (QED) is 0.167. The van der Waals surface area contributed by atoms with Crippen LogP contribution >= 0.6 is 0 Å². The number of anilines is 1. The summed E-state index contributed by atoms with van der Waals surface area (Å²) in [6, 6.07) is 19.3. The van der Waals surface area contributed by atoms with Crippen LogP contribution in [0.5, 0.6) is 5.75 Å². The van der Waals surface area contributed by atoms with Crippen LogP contribution in [0.2, 0.25) is 25.7 Å². The Labute approximate surface area is 238 Å².